The summed E-state index contributed by atoms with van der Waals surface area (Å²) in [5, 5.41) is 10.6. The van der Waals surface area contributed by atoms with Crippen molar-refractivity contribution in [1.82, 2.24) is 4.90 Å². The predicted octanol–water partition coefficient (Wildman–Crippen LogP) is 8.39. The summed E-state index contributed by atoms with van der Waals surface area (Å²) in [5.74, 6) is 0.952. The van der Waals surface area contributed by atoms with E-state index in [1.54, 1.807) is 12.1 Å². The Balaban J connectivity index is 0.000000369. The third-order valence-corrected chi connectivity index (χ3v) is 9.09. The average Bonchev–Trinajstić information content (AvgIpc) is 3.18. The van der Waals surface area contributed by atoms with Gasteiger partial charge in [-0.2, -0.15) is 8.42 Å². The summed E-state index contributed by atoms with van der Waals surface area (Å²) >= 11 is 0. The molecule has 1 aliphatic heterocycles. The summed E-state index contributed by atoms with van der Waals surface area (Å²) in [7, 11) is -1.85. The van der Waals surface area contributed by atoms with E-state index in [0.29, 0.717) is 6.61 Å². The third-order valence-electron chi connectivity index (χ3n) is 8.22. The summed E-state index contributed by atoms with van der Waals surface area (Å²) in [6.45, 7) is 11.0. The van der Waals surface area contributed by atoms with E-state index in [1.165, 1.54) is 40.0 Å². The molecule has 5 rings (SSSR count). The minimum Gasteiger partial charge on any atom is -0.488 e. The molecule has 244 valence electrons. The lowest BCUT2D eigenvalue weighted by Crippen LogP contribution is -2.21. The molecular weight excluding hydrogens is 594 g/mol. The quantitative estimate of drug-likeness (QED) is 0.179. The highest BCUT2D eigenvalue weighted by Crippen LogP contribution is 2.36. The number of aliphatic hydroxyl groups is 1. The number of ether oxygens (including phenoxy) is 1. The number of benzene rings is 4. The molecule has 4 aromatic rings. The van der Waals surface area contributed by atoms with Gasteiger partial charge in [0.05, 0.1) is 11.0 Å². The molecule has 1 unspecified atom stereocenters. The third kappa shape index (κ3) is 9.87. The van der Waals surface area contributed by atoms with Gasteiger partial charge in [-0.25, -0.2) is 0 Å². The van der Waals surface area contributed by atoms with Crippen LogP contribution in [0.25, 0.3) is 5.57 Å². The molecule has 0 amide bonds. The number of rotatable bonds is 9. The Morgan fingerprint density at radius 3 is 2.15 bits per heavy atom. The second-order valence-electron chi connectivity index (χ2n) is 13.0. The minimum atomic E-state index is -4.02. The lowest BCUT2D eigenvalue weighted by atomic mass is 9.86. The molecule has 0 saturated heterocycles. The van der Waals surface area contributed by atoms with Gasteiger partial charge in [0.2, 0.25) is 0 Å². The number of hydrogen-bond donors (Lipinski definition) is 2. The lowest BCUT2D eigenvalue weighted by molar-refractivity contribution is 0.158. The van der Waals surface area contributed by atoms with Gasteiger partial charge in [-0.1, -0.05) is 111 Å². The van der Waals surface area contributed by atoms with E-state index in [-0.39, 0.29) is 10.3 Å². The molecule has 4 aromatic carbocycles. The van der Waals surface area contributed by atoms with E-state index >= 15 is 0 Å². The average molecular weight is 642 g/mol. The molecule has 6 nitrogen and oxygen atoms in total. The van der Waals surface area contributed by atoms with Gasteiger partial charge < -0.3 is 14.7 Å². The van der Waals surface area contributed by atoms with Crippen LogP contribution in [0, 0.1) is 6.92 Å². The first-order valence-electron chi connectivity index (χ1n) is 15.8. The highest BCUT2D eigenvalue weighted by molar-refractivity contribution is 7.85. The van der Waals surface area contributed by atoms with E-state index < -0.39 is 16.2 Å². The second-order valence-corrected chi connectivity index (χ2v) is 14.4. The number of aliphatic hydroxyl groups excluding tert-OH is 1. The molecule has 1 atom stereocenters. The summed E-state index contributed by atoms with van der Waals surface area (Å²) in [4.78, 5) is 2.29. The zero-order valence-corrected chi connectivity index (χ0v) is 28.4. The molecule has 0 bridgehead atoms. The van der Waals surface area contributed by atoms with Crippen LogP contribution in [-0.4, -0.2) is 43.1 Å². The van der Waals surface area contributed by atoms with E-state index in [1.807, 2.05) is 13.0 Å². The first-order valence-corrected chi connectivity index (χ1v) is 17.3. The van der Waals surface area contributed by atoms with E-state index in [9.17, 15) is 13.5 Å². The van der Waals surface area contributed by atoms with Crippen LogP contribution in [0.4, 0.5) is 0 Å². The smallest absolute Gasteiger partial charge is 0.294 e. The molecule has 0 fully saturated rings. The highest BCUT2D eigenvalue weighted by Gasteiger charge is 2.18. The van der Waals surface area contributed by atoms with Crippen LogP contribution in [0.3, 0.4) is 0 Å². The Bertz CT molecular complexity index is 1660. The van der Waals surface area contributed by atoms with Gasteiger partial charge in [-0.05, 0) is 91.2 Å². The lowest BCUT2D eigenvalue weighted by Gasteiger charge is -2.20. The van der Waals surface area contributed by atoms with Crippen molar-refractivity contribution in [3.05, 3.63) is 137 Å². The SMILES string of the molecule is CN(CCC=C1c2ccccc2COc2ccccc21)CCCC(O)c1ccc(C(C)(C)C)cc1.Cc1ccc(S(=O)(=O)O)cc1. The zero-order chi connectivity index (χ0) is 33.3. The molecule has 7 heteroatoms. The second kappa shape index (κ2) is 15.7. The van der Waals surface area contributed by atoms with Crippen molar-refractivity contribution >= 4 is 15.7 Å². The Kier molecular flexibility index (Phi) is 12.0. The maximum atomic E-state index is 10.6. The van der Waals surface area contributed by atoms with Crippen molar-refractivity contribution in [2.24, 2.45) is 0 Å². The van der Waals surface area contributed by atoms with Gasteiger partial charge in [0.15, 0.2) is 0 Å². The Hall–Kier alpha value is -3.75. The minimum absolute atomic E-state index is 0.0666. The fourth-order valence-electron chi connectivity index (χ4n) is 5.42. The number of fused-ring (bicyclic) bond motifs is 2. The zero-order valence-electron chi connectivity index (χ0n) is 27.6. The summed E-state index contributed by atoms with van der Waals surface area (Å²) < 4.78 is 35.6. The standard InChI is InChI=1S/C32H39NO2.C7H8O3S/c1-32(2,3)26-19-17-24(18-20-26)30(34)15-10-22-33(4)21-9-14-28-27-12-6-5-11-25(27)23-35-31-16-8-7-13-29(28)31;1-6-2-4-7(5-3-6)11(8,9)10/h5-8,11-14,16-20,30,34H,9-10,15,21-23H2,1-4H3;2-5H,1H3,(H,8,9,10). The Labute approximate surface area is 275 Å². The molecule has 0 spiro atoms. The van der Waals surface area contributed by atoms with Crippen molar-refractivity contribution in [3.63, 3.8) is 0 Å². The van der Waals surface area contributed by atoms with E-state index in [4.69, 9.17) is 9.29 Å². The number of nitrogens with zero attached hydrogens (tertiary/aromatic N) is 1. The van der Waals surface area contributed by atoms with Crippen LogP contribution in [0.2, 0.25) is 0 Å². The maximum absolute atomic E-state index is 10.6. The number of aryl methyl sites for hydroxylation is 1. The highest BCUT2D eigenvalue weighted by atomic mass is 32.2. The fraction of sp³-hybridized carbons (Fsp3) is 0.333. The van der Waals surface area contributed by atoms with Gasteiger partial charge in [-0.15, -0.1) is 0 Å². The Morgan fingerprint density at radius 1 is 0.870 bits per heavy atom. The first-order chi connectivity index (χ1) is 21.8. The largest absolute Gasteiger partial charge is 0.488 e. The molecule has 0 aromatic heterocycles. The predicted molar refractivity (Wildman–Crippen MR) is 187 cm³/mol. The van der Waals surface area contributed by atoms with Crippen LogP contribution in [0.15, 0.2) is 108 Å². The van der Waals surface area contributed by atoms with E-state index in [0.717, 1.165) is 49.2 Å². The van der Waals surface area contributed by atoms with Gasteiger partial charge in [0, 0.05) is 12.1 Å². The van der Waals surface area contributed by atoms with Crippen LogP contribution >= 0.6 is 0 Å². The Morgan fingerprint density at radius 2 is 1.50 bits per heavy atom. The molecule has 2 N–H and O–H groups in total. The molecule has 0 saturated carbocycles. The number of hydrogen-bond acceptors (Lipinski definition) is 5. The van der Waals surface area contributed by atoms with Crippen LogP contribution in [-0.2, 0) is 22.1 Å². The van der Waals surface area contributed by atoms with Gasteiger partial charge in [0.25, 0.3) is 10.1 Å². The van der Waals surface area contributed by atoms with Gasteiger partial charge >= 0.3 is 0 Å². The monoisotopic (exact) mass is 641 g/mol. The molecular formula is C39H47NO5S. The van der Waals surface area contributed by atoms with Gasteiger partial charge in [-0.3, -0.25) is 4.55 Å². The molecule has 0 radical (unpaired) electrons. The maximum Gasteiger partial charge on any atom is 0.294 e. The van der Waals surface area contributed by atoms with E-state index in [2.05, 4.69) is 106 Å². The van der Waals surface area contributed by atoms with Crippen LogP contribution in [0.5, 0.6) is 5.75 Å². The topological polar surface area (TPSA) is 87.1 Å². The van der Waals surface area contributed by atoms with Crippen molar-refractivity contribution in [2.45, 2.75) is 70.0 Å². The fourth-order valence-corrected chi connectivity index (χ4v) is 5.90. The molecule has 1 heterocycles. The first kappa shape index (κ1) is 35.1. The molecule has 0 aliphatic carbocycles. The number of para-hydroxylation sites is 1. The van der Waals surface area contributed by atoms with Crippen molar-refractivity contribution < 1.29 is 22.8 Å². The van der Waals surface area contributed by atoms with Crippen molar-refractivity contribution in [1.29, 1.82) is 0 Å². The molecule has 46 heavy (non-hydrogen) atoms. The van der Waals surface area contributed by atoms with Crippen molar-refractivity contribution in [2.75, 3.05) is 20.1 Å². The summed E-state index contributed by atoms with van der Waals surface area (Å²) in [6.07, 6.45) is 4.66. The summed E-state index contributed by atoms with van der Waals surface area (Å²) in [5.41, 5.74) is 8.32. The van der Waals surface area contributed by atoms with Crippen molar-refractivity contribution in [3.8, 4) is 5.75 Å². The normalized spacial score (nSPS) is 14.4. The summed E-state index contributed by atoms with van der Waals surface area (Å²) in [6, 6.07) is 31.3. The molecule has 1 aliphatic rings. The van der Waals surface area contributed by atoms with Crippen LogP contribution in [0.1, 0.15) is 79.5 Å². The van der Waals surface area contributed by atoms with Crippen LogP contribution < -0.4 is 4.74 Å². The van der Waals surface area contributed by atoms with Gasteiger partial charge in [0.1, 0.15) is 12.4 Å².